The number of hydrogen-bond acceptors (Lipinski definition) is 7. The molecule has 11 heteroatoms. The third-order valence-corrected chi connectivity index (χ3v) is 13.9. The van der Waals surface area contributed by atoms with Gasteiger partial charge in [-0.1, -0.05) is 143 Å². The predicted octanol–water partition coefficient (Wildman–Crippen LogP) is 14.7. The highest BCUT2D eigenvalue weighted by Crippen LogP contribution is 2.44. The smallest absolute Gasteiger partial charge is 0.306 e. The highest BCUT2D eigenvalue weighted by atomic mass is 19.3. The first-order valence-electron chi connectivity index (χ1n) is 26.0. The molecular weight excluding hydrogens is 885 g/mol. The van der Waals surface area contributed by atoms with Crippen LogP contribution in [0.1, 0.15) is 148 Å². The molecule has 4 unspecified atom stereocenters. The average molecular weight is 965 g/mol. The van der Waals surface area contributed by atoms with Crippen molar-refractivity contribution in [2.75, 3.05) is 0 Å². The number of benzene rings is 2. The standard InChI is InChI=1S/C30H42F2O4.C28H38F2O3/c1-4-5-19-30(31,32)28(34-21-23-13-9-8-10-14-23)18-17-25-24-15-11-6-7-12-16-29(33)36-27(24)20-26(25)35-22(2)3;1-3-4-18-28(29,30)26(32-20-22-12-8-7-9-13-22)17-16-23-21(2)19-25-24(23)14-10-5-6-11-15-27(31)33-25/h6,8-11,13-14,17-18,22,24-28H,4-5,7,12,15-16,19-21H2,1-3H3;5,7-10,12-13,16-17,21,23-26H,3-4,6,11,14-15,18-20H2,1-2H3/b11-6-,18-17+;10-5-,17-16+/t24?,25-,26-,27?,28-;21-,23+,24?,25?,26-/m11/s1. The lowest BCUT2D eigenvalue weighted by molar-refractivity contribution is -0.152. The summed E-state index contributed by atoms with van der Waals surface area (Å²) in [4.78, 5) is 24.6. The number of halogens is 4. The third kappa shape index (κ3) is 18.2. The van der Waals surface area contributed by atoms with Crippen molar-refractivity contribution in [2.45, 2.75) is 199 Å². The fraction of sp³-hybridized carbons (Fsp3) is 0.621. The van der Waals surface area contributed by atoms with Gasteiger partial charge < -0.3 is 23.7 Å². The van der Waals surface area contributed by atoms with Crippen LogP contribution in [0.25, 0.3) is 0 Å². The van der Waals surface area contributed by atoms with Crippen LogP contribution >= 0.6 is 0 Å². The maximum Gasteiger partial charge on any atom is 0.306 e. The summed E-state index contributed by atoms with van der Waals surface area (Å²) in [7, 11) is 0. The van der Waals surface area contributed by atoms with Gasteiger partial charge in [0.2, 0.25) is 0 Å². The molecule has 0 amide bonds. The van der Waals surface area contributed by atoms with Crippen LogP contribution in [0, 0.1) is 29.6 Å². The summed E-state index contributed by atoms with van der Waals surface area (Å²) in [5.41, 5.74) is 1.73. The van der Waals surface area contributed by atoms with Crippen LogP contribution in [0.15, 0.2) is 109 Å². The molecule has 2 aromatic carbocycles. The van der Waals surface area contributed by atoms with E-state index in [4.69, 9.17) is 23.7 Å². The summed E-state index contributed by atoms with van der Waals surface area (Å²) in [6.07, 6.45) is 20.9. The van der Waals surface area contributed by atoms with E-state index in [0.717, 1.165) is 49.7 Å². The second-order valence-electron chi connectivity index (χ2n) is 19.8. The number of ether oxygens (including phenoxy) is 5. The average Bonchev–Trinajstić information content (AvgIpc) is 3.80. The number of esters is 2. The van der Waals surface area contributed by atoms with Gasteiger partial charge in [-0.05, 0) is 94.6 Å². The van der Waals surface area contributed by atoms with Gasteiger partial charge in [-0.15, -0.1) is 0 Å². The van der Waals surface area contributed by atoms with Crippen LogP contribution in [-0.2, 0) is 46.5 Å². The molecule has 0 spiro atoms. The molecule has 10 atom stereocenters. The van der Waals surface area contributed by atoms with E-state index in [9.17, 15) is 9.59 Å². The van der Waals surface area contributed by atoms with Crippen molar-refractivity contribution >= 4 is 11.9 Å². The van der Waals surface area contributed by atoms with Crippen LogP contribution in [0.3, 0.4) is 0 Å². The molecule has 2 heterocycles. The minimum atomic E-state index is -2.99. The van der Waals surface area contributed by atoms with Crippen molar-refractivity contribution < 1.29 is 50.8 Å². The lowest BCUT2D eigenvalue weighted by Crippen LogP contribution is -2.35. The molecule has 7 nitrogen and oxygen atoms in total. The number of carbonyl (C=O) groups excluding carboxylic acids is 2. The fourth-order valence-electron chi connectivity index (χ4n) is 10.1. The monoisotopic (exact) mass is 965 g/mol. The Morgan fingerprint density at radius 1 is 0.652 bits per heavy atom. The first-order valence-corrected chi connectivity index (χ1v) is 26.0. The largest absolute Gasteiger partial charge is 0.462 e. The van der Waals surface area contributed by atoms with Crippen molar-refractivity contribution in [1.82, 2.24) is 0 Å². The Morgan fingerprint density at radius 2 is 1.10 bits per heavy atom. The minimum absolute atomic E-state index is 0.0247. The molecule has 0 aromatic heterocycles. The second-order valence-corrected chi connectivity index (χ2v) is 19.8. The molecule has 0 N–H and O–H groups in total. The van der Waals surface area contributed by atoms with Crippen molar-refractivity contribution in [3.05, 3.63) is 120 Å². The van der Waals surface area contributed by atoms with Gasteiger partial charge in [-0.25, -0.2) is 17.6 Å². The Labute approximate surface area is 410 Å². The highest BCUT2D eigenvalue weighted by molar-refractivity contribution is 5.70. The number of unbranched alkanes of at least 4 members (excludes halogenated alkanes) is 2. The first kappa shape index (κ1) is 55.9. The molecule has 4 aliphatic rings. The van der Waals surface area contributed by atoms with Crippen molar-refractivity contribution in [1.29, 1.82) is 0 Å². The molecule has 2 saturated carbocycles. The lowest BCUT2D eigenvalue weighted by atomic mass is 9.86. The summed E-state index contributed by atoms with van der Waals surface area (Å²) in [6, 6.07) is 18.8. The predicted molar refractivity (Wildman–Crippen MR) is 265 cm³/mol. The summed E-state index contributed by atoms with van der Waals surface area (Å²) in [5.74, 6) is -6.03. The Bertz CT molecular complexity index is 1920. The third-order valence-electron chi connectivity index (χ3n) is 13.9. The van der Waals surface area contributed by atoms with Crippen LogP contribution in [-0.4, -0.2) is 60.4 Å². The van der Waals surface area contributed by atoms with Crippen molar-refractivity contribution in [2.24, 2.45) is 29.6 Å². The molecular formula is C58H80F4O7. The topological polar surface area (TPSA) is 80.3 Å². The maximum atomic E-state index is 15.3. The molecule has 2 fully saturated rings. The molecule has 69 heavy (non-hydrogen) atoms. The van der Waals surface area contributed by atoms with Crippen molar-refractivity contribution in [3.8, 4) is 0 Å². The van der Waals surface area contributed by atoms with Gasteiger partial charge in [0.25, 0.3) is 11.8 Å². The van der Waals surface area contributed by atoms with E-state index in [1.807, 2.05) is 101 Å². The lowest BCUT2D eigenvalue weighted by Gasteiger charge is -2.28. The van der Waals surface area contributed by atoms with E-state index >= 15 is 17.6 Å². The molecule has 0 bridgehead atoms. The molecule has 0 radical (unpaired) electrons. The molecule has 6 rings (SSSR count). The van der Waals surface area contributed by atoms with E-state index in [0.29, 0.717) is 51.4 Å². The van der Waals surface area contributed by atoms with E-state index in [-0.39, 0.29) is 92.0 Å². The van der Waals surface area contributed by atoms with Gasteiger partial charge in [-0.3, -0.25) is 9.59 Å². The van der Waals surface area contributed by atoms with Crippen LogP contribution in [0.4, 0.5) is 17.6 Å². The number of alkyl halides is 4. The zero-order valence-corrected chi connectivity index (χ0v) is 41.8. The first-order chi connectivity index (χ1) is 33.2. The van der Waals surface area contributed by atoms with Crippen LogP contribution in [0.5, 0.6) is 0 Å². The normalized spacial score (nSPS) is 27.7. The van der Waals surface area contributed by atoms with E-state index in [1.165, 1.54) is 6.08 Å². The number of carbonyl (C=O) groups is 2. The molecule has 2 aliphatic carbocycles. The number of allylic oxidation sites excluding steroid dienone is 5. The van der Waals surface area contributed by atoms with Gasteiger partial charge in [0.05, 0.1) is 25.4 Å². The van der Waals surface area contributed by atoms with Gasteiger partial charge in [0.1, 0.15) is 24.4 Å². The molecule has 2 aromatic rings. The summed E-state index contributed by atoms with van der Waals surface area (Å²) < 4.78 is 90.2. The Morgan fingerprint density at radius 3 is 1.57 bits per heavy atom. The van der Waals surface area contributed by atoms with E-state index in [2.05, 4.69) is 31.2 Å². The van der Waals surface area contributed by atoms with Gasteiger partial charge in [0, 0.05) is 49.9 Å². The van der Waals surface area contributed by atoms with E-state index < -0.39 is 24.1 Å². The number of hydrogen-bond donors (Lipinski definition) is 0. The van der Waals surface area contributed by atoms with Gasteiger partial charge >= 0.3 is 11.9 Å². The highest BCUT2D eigenvalue weighted by Gasteiger charge is 2.46. The fourth-order valence-corrected chi connectivity index (χ4v) is 10.1. The summed E-state index contributed by atoms with van der Waals surface area (Å²) in [5, 5.41) is 0. The minimum Gasteiger partial charge on any atom is -0.462 e. The van der Waals surface area contributed by atoms with Crippen molar-refractivity contribution in [3.63, 3.8) is 0 Å². The van der Waals surface area contributed by atoms with E-state index in [1.54, 1.807) is 6.08 Å². The maximum absolute atomic E-state index is 15.3. The van der Waals surface area contributed by atoms with Gasteiger partial charge in [0.15, 0.2) is 0 Å². The molecule has 382 valence electrons. The molecule has 0 saturated heterocycles. The Kier molecular flexibility index (Phi) is 23.2. The number of rotatable bonds is 20. The van der Waals surface area contributed by atoms with Gasteiger partial charge in [-0.2, -0.15) is 0 Å². The Balaban J connectivity index is 0.000000258. The number of fused-ring (bicyclic) bond motifs is 2. The quantitative estimate of drug-likeness (QED) is 0.0743. The second kappa shape index (κ2) is 28.7. The Hall–Kier alpha value is -4.06. The summed E-state index contributed by atoms with van der Waals surface area (Å²) in [6.45, 7) is 10.1. The summed E-state index contributed by atoms with van der Waals surface area (Å²) >= 11 is 0. The zero-order chi connectivity index (χ0) is 49.7. The van der Waals surface area contributed by atoms with Crippen LogP contribution < -0.4 is 0 Å². The van der Waals surface area contributed by atoms with Crippen LogP contribution in [0.2, 0.25) is 0 Å². The SMILES string of the molecule is CCCCC(F)(F)[C@@H](/C=C/[C@@H]1C2C/C=C\CCCC(=O)OC2C[C@H]1C)OCc1ccccc1.CCCCC(F)(F)[C@@H](/C=C/[C@@H]1C2C/C=C\CCCC(=O)OC2C[C@H]1OC(C)C)OCc1ccccc1. The zero-order valence-electron chi connectivity index (χ0n) is 41.8. The molecule has 2 aliphatic heterocycles.